The smallest absolute Gasteiger partial charge is 0.258 e. The summed E-state index contributed by atoms with van der Waals surface area (Å²) in [6.07, 6.45) is 1.23. The van der Waals surface area contributed by atoms with Crippen LogP contribution in [0.25, 0.3) is 0 Å². The third kappa shape index (κ3) is 2.40. The van der Waals surface area contributed by atoms with E-state index < -0.39 is 5.92 Å². The fourth-order valence-corrected chi connectivity index (χ4v) is 2.61. The van der Waals surface area contributed by atoms with E-state index in [0.717, 1.165) is 0 Å². The molecule has 0 amide bonds. The summed E-state index contributed by atoms with van der Waals surface area (Å²) < 4.78 is 11.0. The Bertz CT molecular complexity index is 879. The van der Waals surface area contributed by atoms with E-state index in [1.165, 1.54) is 6.33 Å². The van der Waals surface area contributed by atoms with Gasteiger partial charge in [-0.3, -0.25) is 4.79 Å². The highest BCUT2D eigenvalue weighted by molar-refractivity contribution is 5.55. The minimum atomic E-state index is -0.691. The lowest BCUT2D eigenvalue weighted by Gasteiger charge is -2.25. The van der Waals surface area contributed by atoms with Crippen molar-refractivity contribution in [2.75, 3.05) is 6.61 Å². The first kappa shape index (κ1) is 14.7. The maximum atomic E-state index is 12.3. The van der Waals surface area contributed by atoms with Gasteiger partial charge in [0.1, 0.15) is 17.4 Å². The zero-order valence-corrected chi connectivity index (χ0v) is 12.4. The van der Waals surface area contributed by atoms with Crippen molar-refractivity contribution in [1.29, 1.82) is 5.26 Å². The third-order valence-electron chi connectivity index (χ3n) is 3.55. The Balaban J connectivity index is 2.29. The molecule has 7 heteroatoms. The van der Waals surface area contributed by atoms with Gasteiger partial charge in [-0.2, -0.15) is 5.26 Å². The number of nitrogens with one attached hydrogen (secondary N) is 1. The van der Waals surface area contributed by atoms with Crippen LogP contribution in [0.15, 0.2) is 46.8 Å². The van der Waals surface area contributed by atoms with E-state index in [1.54, 1.807) is 12.1 Å². The Hall–Kier alpha value is -3.27. The molecule has 7 nitrogen and oxygen atoms in total. The second-order valence-corrected chi connectivity index (χ2v) is 4.85. The van der Waals surface area contributed by atoms with Gasteiger partial charge in [0, 0.05) is 5.56 Å². The molecule has 0 radical (unpaired) electrons. The molecule has 0 saturated heterocycles. The monoisotopic (exact) mass is 310 g/mol. The van der Waals surface area contributed by atoms with Gasteiger partial charge in [-0.15, -0.1) is 0 Å². The maximum absolute atomic E-state index is 12.3. The standard InChI is InChI=1S/C16H14N4O3/c1-2-22-11-6-4-3-5-9(11)12-10(7-17)14(18)23-16-13(12)15(21)19-8-20-16/h3-6,8,12H,2,18H2,1H3,(H,19,20,21)/t12-/m0/s1. The molecule has 0 unspecified atom stereocenters. The fraction of sp³-hybridized carbons (Fsp3) is 0.188. The first-order valence-electron chi connectivity index (χ1n) is 7.04. The number of nitrogens with zero attached hydrogens (tertiary/aromatic N) is 2. The van der Waals surface area contributed by atoms with Crippen molar-refractivity contribution in [2.45, 2.75) is 12.8 Å². The van der Waals surface area contributed by atoms with Crippen LogP contribution in [0.4, 0.5) is 0 Å². The van der Waals surface area contributed by atoms with Crippen molar-refractivity contribution in [3.63, 3.8) is 0 Å². The number of para-hydroxylation sites is 1. The largest absolute Gasteiger partial charge is 0.494 e. The van der Waals surface area contributed by atoms with E-state index in [1.807, 2.05) is 25.1 Å². The number of hydrogen-bond donors (Lipinski definition) is 2. The third-order valence-corrected chi connectivity index (χ3v) is 3.55. The minimum Gasteiger partial charge on any atom is -0.494 e. The Morgan fingerprint density at radius 3 is 3.00 bits per heavy atom. The number of aromatic nitrogens is 2. The number of nitrogens with two attached hydrogens (primary N) is 1. The van der Waals surface area contributed by atoms with Crippen LogP contribution in [0.3, 0.4) is 0 Å². The van der Waals surface area contributed by atoms with Crippen molar-refractivity contribution in [3.8, 4) is 17.7 Å². The molecule has 1 aliphatic heterocycles. The number of H-pyrrole nitrogens is 1. The van der Waals surface area contributed by atoms with Gasteiger partial charge in [0.15, 0.2) is 0 Å². The lowest BCUT2D eigenvalue weighted by atomic mass is 9.84. The molecule has 0 saturated carbocycles. The van der Waals surface area contributed by atoms with Crippen LogP contribution < -0.4 is 20.8 Å². The molecular formula is C16H14N4O3. The van der Waals surface area contributed by atoms with E-state index in [4.69, 9.17) is 15.2 Å². The number of aromatic amines is 1. The normalized spacial score (nSPS) is 16.3. The predicted octanol–water partition coefficient (Wildman–Crippen LogP) is 1.39. The Morgan fingerprint density at radius 2 is 2.26 bits per heavy atom. The molecule has 1 atom stereocenters. The number of hydrogen-bond acceptors (Lipinski definition) is 6. The van der Waals surface area contributed by atoms with E-state index in [2.05, 4.69) is 9.97 Å². The first-order chi connectivity index (χ1) is 11.2. The highest BCUT2D eigenvalue weighted by Gasteiger charge is 2.35. The lowest BCUT2D eigenvalue weighted by Crippen LogP contribution is -2.28. The summed E-state index contributed by atoms with van der Waals surface area (Å²) in [6, 6.07) is 9.24. The van der Waals surface area contributed by atoms with Crippen LogP contribution in [0.2, 0.25) is 0 Å². The molecule has 1 aliphatic rings. The summed E-state index contributed by atoms with van der Waals surface area (Å²) in [5.41, 5.74) is 6.53. The van der Waals surface area contributed by atoms with Crippen molar-refractivity contribution < 1.29 is 9.47 Å². The van der Waals surface area contributed by atoms with Gasteiger partial charge in [0.25, 0.3) is 5.56 Å². The molecule has 23 heavy (non-hydrogen) atoms. The highest BCUT2D eigenvalue weighted by atomic mass is 16.5. The van der Waals surface area contributed by atoms with Crippen LogP contribution in [-0.2, 0) is 0 Å². The van der Waals surface area contributed by atoms with Crippen molar-refractivity contribution in [1.82, 2.24) is 9.97 Å². The van der Waals surface area contributed by atoms with Crippen molar-refractivity contribution in [3.05, 3.63) is 63.5 Å². The van der Waals surface area contributed by atoms with E-state index in [-0.39, 0.29) is 28.5 Å². The predicted molar refractivity (Wildman–Crippen MR) is 81.8 cm³/mol. The summed E-state index contributed by atoms with van der Waals surface area (Å²) in [5, 5.41) is 9.49. The summed E-state index contributed by atoms with van der Waals surface area (Å²) in [4.78, 5) is 18.8. The molecule has 0 bridgehead atoms. The molecule has 1 aromatic carbocycles. The van der Waals surface area contributed by atoms with Gasteiger partial charge < -0.3 is 20.2 Å². The number of fused-ring (bicyclic) bond motifs is 1. The fourth-order valence-electron chi connectivity index (χ4n) is 2.61. The average Bonchev–Trinajstić information content (AvgIpc) is 2.55. The van der Waals surface area contributed by atoms with Gasteiger partial charge in [-0.25, -0.2) is 4.98 Å². The zero-order valence-electron chi connectivity index (χ0n) is 12.4. The summed E-state index contributed by atoms with van der Waals surface area (Å²) in [6.45, 7) is 2.32. The van der Waals surface area contributed by atoms with E-state index in [0.29, 0.717) is 17.9 Å². The zero-order chi connectivity index (χ0) is 16.4. The van der Waals surface area contributed by atoms with E-state index in [9.17, 15) is 10.1 Å². The summed E-state index contributed by atoms with van der Waals surface area (Å²) >= 11 is 0. The van der Waals surface area contributed by atoms with Gasteiger partial charge in [-0.05, 0) is 13.0 Å². The van der Waals surface area contributed by atoms with Gasteiger partial charge >= 0.3 is 0 Å². The second kappa shape index (κ2) is 5.85. The molecular weight excluding hydrogens is 296 g/mol. The van der Waals surface area contributed by atoms with E-state index >= 15 is 0 Å². The van der Waals surface area contributed by atoms with Crippen LogP contribution in [0, 0.1) is 11.3 Å². The topological polar surface area (TPSA) is 114 Å². The molecule has 0 spiro atoms. The summed E-state index contributed by atoms with van der Waals surface area (Å²) in [7, 11) is 0. The van der Waals surface area contributed by atoms with Crippen molar-refractivity contribution in [2.24, 2.45) is 5.73 Å². The molecule has 2 heterocycles. The number of nitriles is 1. The SMILES string of the molecule is CCOc1ccccc1[C@H]1C(C#N)=C(N)Oc2nc[nH]c(=O)c21. The maximum Gasteiger partial charge on any atom is 0.258 e. The average molecular weight is 310 g/mol. The van der Waals surface area contributed by atoms with Crippen LogP contribution in [0.1, 0.15) is 24.0 Å². The Morgan fingerprint density at radius 1 is 1.48 bits per heavy atom. The Kier molecular flexibility index (Phi) is 3.73. The molecule has 116 valence electrons. The molecule has 1 aromatic heterocycles. The van der Waals surface area contributed by atoms with Crippen molar-refractivity contribution >= 4 is 0 Å². The number of ether oxygens (including phenoxy) is 2. The van der Waals surface area contributed by atoms with Crippen LogP contribution >= 0.6 is 0 Å². The Labute approximate surface area is 132 Å². The minimum absolute atomic E-state index is 0.0607. The first-order valence-corrected chi connectivity index (χ1v) is 7.04. The molecule has 3 rings (SSSR count). The number of rotatable bonds is 3. The van der Waals surface area contributed by atoms with Crippen LogP contribution in [-0.4, -0.2) is 16.6 Å². The molecule has 0 fully saturated rings. The quantitative estimate of drug-likeness (QED) is 0.885. The van der Waals surface area contributed by atoms with Gasteiger partial charge in [0.2, 0.25) is 11.8 Å². The van der Waals surface area contributed by atoms with Gasteiger partial charge in [-0.1, -0.05) is 18.2 Å². The summed E-state index contributed by atoms with van der Waals surface area (Å²) in [5.74, 6) is -0.0726. The molecule has 2 aromatic rings. The molecule has 0 aliphatic carbocycles. The lowest BCUT2D eigenvalue weighted by molar-refractivity contribution is 0.333. The molecule has 3 N–H and O–H groups in total. The number of allylic oxidation sites excluding steroid dienone is 1. The van der Waals surface area contributed by atoms with Crippen LogP contribution in [0.5, 0.6) is 11.6 Å². The second-order valence-electron chi connectivity index (χ2n) is 4.85. The van der Waals surface area contributed by atoms with Gasteiger partial charge in [0.05, 0.1) is 24.4 Å². The highest BCUT2D eigenvalue weighted by Crippen LogP contribution is 2.42. The number of benzene rings is 1.